The Kier molecular flexibility index (Phi) is 5.27. The average Bonchev–Trinajstić information content (AvgIpc) is 3.54. The molecule has 3 atom stereocenters. The molecule has 0 bridgehead atoms. The van der Waals surface area contributed by atoms with Crippen LogP contribution in [0.3, 0.4) is 0 Å². The van der Waals surface area contributed by atoms with Crippen molar-refractivity contribution in [1.29, 1.82) is 0 Å². The van der Waals surface area contributed by atoms with Gasteiger partial charge in [-0.15, -0.1) is 0 Å². The Morgan fingerprint density at radius 1 is 1.11 bits per heavy atom. The van der Waals surface area contributed by atoms with Gasteiger partial charge in [0.15, 0.2) is 0 Å². The number of likely N-dealkylation sites (tertiary alicyclic amines) is 1. The summed E-state index contributed by atoms with van der Waals surface area (Å²) in [5, 5.41) is 5.66. The number of aromatic nitrogens is 2. The molecule has 2 aliphatic rings. The highest BCUT2D eigenvalue weighted by molar-refractivity contribution is 5.83. The second-order valence-electron chi connectivity index (χ2n) is 10.5. The molecular formula is C30H30FN3O2. The topological polar surface area (TPSA) is 47.4 Å². The van der Waals surface area contributed by atoms with Gasteiger partial charge in [-0.3, -0.25) is 4.79 Å². The minimum absolute atomic E-state index is 0.120. The van der Waals surface area contributed by atoms with Crippen molar-refractivity contribution in [3.63, 3.8) is 0 Å². The van der Waals surface area contributed by atoms with Crippen LogP contribution in [0.5, 0.6) is 0 Å². The van der Waals surface area contributed by atoms with Gasteiger partial charge in [-0.2, -0.15) is 5.10 Å². The van der Waals surface area contributed by atoms with E-state index in [1.807, 2.05) is 29.0 Å². The van der Waals surface area contributed by atoms with Gasteiger partial charge in [0.05, 0.1) is 23.0 Å². The fourth-order valence-electron chi connectivity index (χ4n) is 6.79. The third-order valence-corrected chi connectivity index (χ3v) is 8.53. The molecule has 1 amide bonds. The quantitative estimate of drug-likeness (QED) is 0.384. The number of halogens is 1. The third kappa shape index (κ3) is 3.39. The number of carbonyl (C=O) groups excluding carboxylic acids is 1. The van der Waals surface area contributed by atoms with Crippen LogP contribution in [0, 0.1) is 18.7 Å². The summed E-state index contributed by atoms with van der Waals surface area (Å²) in [7, 11) is 1.81. The van der Waals surface area contributed by atoms with E-state index >= 15 is 0 Å². The Morgan fingerprint density at radius 3 is 2.56 bits per heavy atom. The zero-order valence-corrected chi connectivity index (χ0v) is 20.9. The van der Waals surface area contributed by atoms with Crippen LogP contribution in [-0.2, 0) is 20.5 Å². The number of ether oxygens (including phenoxy) is 1. The number of hydrogen-bond acceptors (Lipinski definition) is 3. The zero-order chi connectivity index (χ0) is 25.1. The van der Waals surface area contributed by atoms with E-state index in [4.69, 9.17) is 4.74 Å². The summed E-state index contributed by atoms with van der Waals surface area (Å²) >= 11 is 0. The molecule has 1 saturated heterocycles. The van der Waals surface area contributed by atoms with Crippen molar-refractivity contribution >= 4 is 16.8 Å². The fraction of sp³-hybridized carbons (Fsp3) is 0.333. The van der Waals surface area contributed by atoms with Crippen molar-refractivity contribution in [2.45, 2.75) is 37.7 Å². The minimum Gasteiger partial charge on any atom is -0.373 e. The second-order valence-corrected chi connectivity index (χ2v) is 10.5. The van der Waals surface area contributed by atoms with Gasteiger partial charge in [0, 0.05) is 37.9 Å². The van der Waals surface area contributed by atoms with E-state index in [-0.39, 0.29) is 23.1 Å². The predicted molar refractivity (Wildman–Crippen MR) is 138 cm³/mol. The smallest absolute Gasteiger partial charge is 0.219 e. The molecule has 1 aliphatic carbocycles. The van der Waals surface area contributed by atoms with E-state index in [1.165, 1.54) is 28.8 Å². The van der Waals surface area contributed by atoms with Crippen LogP contribution >= 0.6 is 0 Å². The van der Waals surface area contributed by atoms with Crippen LogP contribution in [0.25, 0.3) is 16.6 Å². The number of hydrogen-bond donors (Lipinski definition) is 0. The van der Waals surface area contributed by atoms with Crippen molar-refractivity contribution in [2.24, 2.45) is 5.92 Å². The Bertz CT molecular complexity index is 1450. The Hall–Kier alpha value is -3.51. The maximum atomic E-state index is 13.5. The Labute approximate surface area is 210 Å². The summed E-state index contributed by atoms with van der Waals surface area (Å²) < 4.78 is 21.7. The lowest BCUT2D eigenvalue weighted by atomic mass is 9.72. The molecule has 3 unspecified atom stereocenters. The van der Waals surface area contributed by atoms with E-state index in [2.05, 4.69) is 48.4 Å². The molecule has 1 aromatic heterocycles. The van der Waals surface area contributed by atoms with Gasteiger partial charge >= 0.3 is 0 Å². The number of nitrogens with zero attached hydrogens (tertiary/aromatic N) is 3. The third-order valence-electron chi connectivity index (χ3n) is 8.53. The van der Waals surface area contributed by atoms with E-state index in [9.17, 15) is 9.18 Å². The molecule has 0 spiro atoms. The van der Waals surface area contributed by atoms with Crippen molar-refractivity contribution in [3.05, 3.63) is 95.4 Å². The maximum Gasteiger partial charge on any atom is 0.219 e. The lowest BCUT2D eigenvalue weighted by Crippen LogP contribution is -2.37. The zero-order valence-electron chi connectivity index (χ0n) is 20.9. The van der Waals surface area contributed by atoms with E-state index in [0.29, 0.717) is 6.54 Å². The monoisotopic (exact) mass is 483 g/mol. The molecule has 1 saturated carbocycles. The first-order valence-electron chi connectivity index (χ1n) is 12.5. The van der Waals surface area contributed by atoms with E-state index < -0.39 is 5.60 Å². The highest BCUT2D eigenvalue weighted by Gasteiger charge is 2.61. The average molecular weight is 484 g/mol. The first-order valence-corrected chi connectivity index (χ1v) is 12.5. The molecule has 2 fully saturated rings. The van der Waals surface area contributed by atoms with Crippen LogP contribution in [0.1, 0.15) is 36.5 Å². The number of fused-ring (bicyclic) bond motifs is 2. The number of rotatable bonds is 4. The molecule has 4 aromatic rings. The number of aryl methyl sites for hydroxylation is 1. The molecular weight excluding hydrogens is 453 g/mol. The van der Waals surface area contributed by atoms with Gasteiger partial charge in [0.25, 0.3) is 0 Å². The second kappa shape index (κ2) is 8.27. The summed E-state index contributed by atoms with van der Waals surface area (Å²) in [5.41, 5.74) is 4.82. The molecule has 1 aliphatic heterocycles. The fourth-order valence-corrected chi connectivity index (χ4v) is 6.79. The molecule has 3 aromatic carbocycles. The SMILES string of the molecule is COC1(c2ccccc2)CC2CN(C(C)=O)CC2(c2cc3cnn(-c4ccc(F)cc4)c3cc2C)C1. The van der Waals surface area contributed by atoms with Crippen molar-refractivity contribution < 1.29 is 13.9 Å². The summed E-state index contributed by atoms with van der Waals surface area (Å²) in [4.78, 5) is 14.5. The number of benzene rings is 3. The Morgan fingerprint density at radius 2 is 1.86 bits per heavy atom. The summed E-state index contributed by atoms with van der Waals surface area (Å²) in [6.45, 7) is 5.23. The minimum atomic E-state index is -0.394. The van der Waals surface area contributed by atoms with Crippen molar-refractivity contribution in [2.75, 3.05) is 20.2 Å². The highest BCUT2D eigenvalue weighted by atomic mass is 19.1. The number of carbonyl (C=O) groups is 1. The van der Waals surface area contributed by atoms with Gasteiger partial charge in [-0.1, -0.05) is 30.3 Å². The van der Waals surface area contributed by atoms with Crippen LogP contribution < -0.4 is 0 Å². The van der Waals surface area contributed by atoms with Crippen LogP contribution in [-0.4, -0.2) is 40.8 Å². The Balaban J connectivity index is 1.48. The summed E-state index contributed by atoms with van der Waals surface area (Å²) in [6, 6.07) is 21.3. The van der Waals surface area contributed by atoms with Crippen LogP contribution in [0.2, 0.25) is 0 Å². The number of methoxy groups -OCH3 is 1. The van der Waals surface area contributed by atoms with Gasteiger partial charge in [-0.05, 0) is 78.8 Å². The lowest BCUT2D eigenvalue weighted by molar-refractivity contribution is -0.128. The van der Waals surface area contributed by atoms with Crippen molar-refractivity contribution in [1.82, 2.24) is 14.7 Å². The van der Waals surface area contributed by atoms with Crippen LogP contribution in [0.4, 0.5) is 4.39 Å². The first-order chi connectivity index (χ1) is 17.3. The summed E-state index contributed by atoms with van der Waals surface area (Å²) in [6.07, 6.45) is 3.55. The van der Waals surface area contributed by atoms with Gasteiger partial charge in [0.2, 0.25) is 5.91 Å². The first kappa shape index (κ1) is 22.9. The van der Waals surface area contributed by atoms with E-state index in [0.717, 1.165) is 36.0 Å². The maximum absolute atomic E-state index is 13.5. The van der Waals surface area contributed by atoms with Gasteiger partial charge < -0.3 is 9.64 Å². The molecule has 2 heterocycles. The van der Waals surface area contributed by atoms with Crippen molar-refractivity contribution in [3.8, 4) is 5.69 Å². The highest BCUT2D eigenvalue weighted by Crippen LogP contribution is 2.59. The normalized spacial score (nSPS) is 25.4. The van der Waals surface area contributed by atoms with E-state index in [1.54, 1.807) is 19.1 Å². The molecule has 5 nitrogen and oxygen atoms in total. The van der Waals surface area contributed by atoms with Gasteiger partial charge in [0.1, 0.15) is 5.82 Å². The standard InChI is InChI=1S/C30H30FN3O2/c1-20-13-28-22(16-32-34(28)26-11-9-25(31)10-12-26)14-27(20)29-18-30(36-3,23-7-5-4-6-8-23)15-24(29)17-33(19-29)21(2)35/h4-14,16,24H,15,17-19H2,1-3H3. The molecule has 6 rings (SSSR count). The summed E-state index contributed by atoms with van der Waals surface area (Å²) in [5.74, 6) is 0.135. The molecule has 0 radical (unpaired) electrons. The largest absolute Gasteiger partial charge is 0.373 e. The molecule has 0 N–H and O–H groups in total. The number of amides is 1. The van der Waals surface area contributed by atoms with Gasteiger partial charge in [-0.25, -0.2) is 9.07 Å². The predicted octanol–water partition coefficient (Wildman–Crippen LogP) is 5.52. The molecule has 184 valence electrons. The molecule has 36 heavy (non-hydrogen) atoms. The lowest BCUT2D eigenvalue weighted by Gasteiger charge is -2.35. The van der Waals surface area contributed by atoms with Crippen LogP contribution in [0.15, 0.2) is 72.9 Å². The molecule has 6 heteroatoms.